The van der Waals surface area contributed by atoms with Gasteiger partial charge in [0.1, 0.15) is 0 Å². The minimum atomic E-state index is -0.173. The molecule has 1 aromatic carbocycles. The Bertz CT molecular complexity index is 589. The van der Waals surface area contributed by atoms with Gasteiger partial charge in [0.2, 0.25) is 11.8 Å². The Morgan fingerprint density at radius 1 is 1.17 bits per heavy atom. The fraction of sp³-hybridized carbons (Fsp3) is 0.529. The number of benzene rings is 1. The first-order valence-electron chi connectivity index (χ1n) is 8.01. The number of anilines is 2. The van der Waals surface area contributed by atoms with E-state index >= 15 is 0 Å². The van der Waals surface area contributed by atoms with Crippen LogP contribution in [0.5, 0.6) is 0 Å². The highest BCUT2D eigenvalue weighted by Crippen LogP contribution is 2.39. The minimum Gasteiger partial charge on any atom is -0.330 e. The zero-order valence-corrected chi connectivity index (χ0v) is 16.3. The monoisotopic (exact) mass is 417 g/mol. The fourth-order valence-corrected chi connectivity index (χ4v) is 3.57. The second-order valence-electron chi connectivity index (χ2n) is 6.36. The van der Waals surface area contributed by atoms with Crippen molar-refractivity contribution < 1.29 is 9.59 Å². The molecule has 7 heteroatoms. The van der Waals surface area contributed by atoms with Crippen LogP contribution in [0.4, 0.5) is 11.4 Å². The highest BCUT2D eigenvalue weighted by Gasteiger charge is 2.33. The zero-order chi connectivity index (χ0) is 16.9. The molecule has 1 aromatic rings. The van der Waals surface area contributed by atoms with E-state index in [-0.39, 0.29) is 29.6 Å². The van der Waals surface area contributed by atoms with Gasteiger partial charge in [-0.05, 0) is 43.0 Å². The van der Waals surface area contributed by atoms with Gasteiger partial charge in [-0.25, -0.2) is 0 Å². The molecule has 0 bridgehead atoms. The zero-order valence-electron chi connectivity index (χ0n) is 13.9. The summed E-state index contributed by atoms with van der Waals surface area (Å²) in [6.07, 6.45) is 5.94. The largest absolute Gasteiger partial charge is 0.330 e. The third-order valence-corrected chi connectivity index (χ3v) is 4.94. The molecule has 1 fully saturated rings. The van der Waals surface area contributed by atoms with E-state index in [9.17, 15) is 9.59 Å². The predicted octanol–water partition coefficient (Wildman–Crippen LogP) is 4.07. The standard InChI is InChI=1S/C17H24BrN3O2.ClH/c1-12(22)20-14-6-5-13(18)9-15(14)21-16(23)10-17(11-19)7-3-2-4-8-17;/h5-6,9H,2-4,7-8,10-11,19H2,1H3,(H,20,22)(H,21,23);1H. The van der Waals surface area contributed by atoms with Gasteiger partial charge in [-0.15, -0.1) is 12.4 Å². The van der Waals surface area contributed by atoms with Crippen molar-refractivity contribution in [1.82, 2.24) is 0 Å². The number of amides is 2. The minimum absolute atomic E-state index is 0. The maximum Gasteiger partial charge on any atom is 0.225 e. The van der Waals surface area contributed by atoms with Crippen molar-refractivity contribution in [3.8, 4) is 0 Å². The summed E-state index contributed by atoms with van der Waals surface area (Å²) < 4.78 is 0.841. The Balaban J connectivity index is 0.00000288. The summed E-state index contributed by atoms with van der Waals surface area (Å²) in [7, 11) is 0. The van der Waals surface area contributed by atoms with E-state index in [4.69, 9.17) is 5.73 Å². The smallest absolute Gasteiger partial charge is 0.225 e. The van der Waals surface area contributed by atoms with Crippen molar-refractivity contribution in [3.63, 3.8) is 0 Å². The second-order valence-corrected chi connectivity index (χ2v) is 7.28. The van der Waals surface area contributed by atoms with E-state index < -0.39 is 0 Å². The molecule has 0 saturated heterocycles. The molecular formula is C17H25BrClN3O2. The van der Waals surface area contributed by atoms with E-state index in [1.54, 1.807) is 12.1 Å². The highest BCUT2D eigenvalue weighted by molar-refractivity contribution is 9.10. The van der Waals surface area contributed by atoms with Crippen molar-refractivity contribution in [2.75, 3.05) is 17.2 Å². The van der Waals surface area contributed by atoms with Crippen LogP contribution >= 0.6 is 28.3 Å². The summed E-state index contributed by atoms with van der Waals surface area (Å²) in [5, 5.41) is 5.66. The number of carbonyl (C=O) groups is 2. The van der Waals surface area contributed by atoms with Gasteiger partial charge < -0.3 is 16.4 Å². The molecule has 1 aliphatic rings. The van der Waals surface area contributed by atoms with Crippen molar-refractivity contribution in [3.05, 3.63) is 22.7 Å². The number of nitrogens with one attached hydrogen (secondary N) is 2. The van der Waals surface area contributed by atoms with Crippen LogP contribution in [0.1, 0.15) is 45.4 Å². The van der Waals surface area contributed by atoms with Crippen molar-refractivity contribution in [2.24, 2.45) is 11.1 Å². The molecule has 0 radical (unpaired) electrons. The number of nitrogens with two attached hydrogens (primary N) is 1. The third kappa shape index (κ3) is 5.76. The third-order valence-electron chi connectivity index (χ3n) is 4.45. The summed E-state index contributed by atoms with van der Waals surface area (Å²) in [5.41, 5.74) is 7.07. The maximum atomic E-state index is 12.5. The molecule has 2 amide bonds. The van der Waals surface area contributed by atoms with E-state index in [1.807, 2.05) is 6.07 Å². The van der Waals surface area contributed by atoms with Gasteiger partial charge in [0, 0.05) is 17.8 Å². The molecule has 0 spiro atoms. The van der Waals surface area contributed by atoms with Gasteiger partial charge in [-0.1, -0.05) is 35.2 Å². The van der Waals surface area contributed by atoms with Gasteiger partial charge in [0.15, 0.2) is 0 Å². The number of hydrogen-bond donors (Lipinski definition) is 3. The molecule has 0 unspecified atom stereocenters. The molecule has 24 heavy (non-hydrogen) atoms. The topological polar surface area (TPSA) is 84.2 Å². The van der Waals surface area contributed by atoms with Crippen LogP contribution in [0.3, 0.4) is 0 Å². The lowest BCUT2D eigenvalue weighted by Gasteiger charge is -2.35. The molecule has 134 valence electrons. The molecule has 1 aliphatic carbocycles. The van der Waals surface area contributed by atoms with Gasteiger partial charge in [0.25, 0.3) is 0 Å². The lowest BCUT2D eigenvalue weighted by molar-refractivity contribution is -0.119. The summed E-state index contributed by atoms with van der Waals surface area (Å²) in [5.74, 6) is -0.226. The van der Waals surface area contributed by atoms with Crippen LogP contribution in [-0.4, -0.2) is 18.4 Å². The summed E-state index contributed by atoms with van der Waals surface area (Å²) in [4.78, 5) is 23.8. The Hall–Kier alpha value is -1.11. The van der Waals surface area contributed by atoms with Crippen LogP contribution in [0.15, 0.2) is 22.7 Å². The maximum absolute atomic E-state index is 12.5. The van der Waals surface area contributed by atoms with Crippen LogP contribution < -0.4 is 16.4 Å². The molecule has 4 N–H and O–H groups in total. The molecule has 2 rings (SSSR count). The predicted molar refractivity (Wildman–Crippen MR) is 104 cm³/mol. The van der Waals surface area contributed by atoms with Gasteiger partial charge in [0.05, 0.1) is 11.4 Å². The van der Waals surface area contributed by atoms with E-state index in [2.05, 4.69) is 26.6 Å². The van der Waals surface area contributed by atoms with Crippen molar-refractivity contribution in [1.29, 1.82) is 0 Å². The fourth-order valence-electron chi connectivity index (χ4n) is 3.21. The molecular weight excluding hydrogens is 394 g/mol. The molecule has 0 aromatic heterocycles. The average molecular weight is 419 g/mol. The number of carbonyl (C=O) groups excluding carboxylic acids is 2. The van der Waals surface area contributed by atoms with E-state index in [0.29, 0.717) is 24.3 Å². The first kappa shape index (κ1) is 20.9. The average Bonchev–Trinajstić information content (AvgIpc) is 2.50. The van der Waals surface area contributed by atoms with E-state index in [0.717, 1.165) is 30.2 Å². The Labute approximate surface area is 157 Å². The van der Waals surface area contributed by atoms with Crippen LogP contribution in [0.25, 0.3) is 0 Å². The Morgan fingerprint density at radius 3 is 2.42 bits per heavy atom. The highest BCUT2D eigenvalue weighted by atomic mass is 79.9. The first-order chi connectivity index (χ1) is 10.9. The molecule has 0 aliphatic heterocycles. The summed E-state index contributed by atoms with van der Waals surface area (Å²) >= 11 is 3.39. The number of rotatable bonds is 5. The van der Waals surface area contributed by atoms with E-state index in [1.165, 1.54) is 13.3 Å². The molecule has 0 heterocycles. The SMILES string of the molecule is CC(=O)Nc1ccc(Br)cc1NC(=O)CC1(CN)CCCCC1.Cl. The molecule has 5 nitrogen and oxygen atoms in total. The first-order valence-corrected chi connectivity index (χ1v) is 8.80. The summed E-state index contributed by atoms with van der Waals surface area (Å²) in [6.45, 7) is 1.98. The quantitative estimate of drug-likeness (QED) is 0.674. The van der Waals surface area contributed by atoms with Crippen LogP contribution in [0, 0.1) is 5.41 Å². The lowest BCUT2D eigenvalue weighted by Crippen LogP contribution is -2.36. The van der Waals surface area contributed by atoms with Crippen LogP contribution in [-0.2, 0) is 9.59 Å². The van der Waals surface area contributed by atoms with Gasteiger partial charge in [-0.2, -0.15) is 0 Å². The second kappa shape index (κ2) is 9.39. The number of hydrogen-bond acceptors (Lipinski definition) is 3. The molecule has 0 atom stereocenters. The Morgan fingerprint density at radius 2 is 1.83 bits per heavy atom. The van der Waals surface area contributed by atoms with Gasteiger partial charge >= 0.3 is 0 Å². The summed E-state index contributed by atoms with van der Waals surface area (Å²) in [6, 6.07) is 5.38. The van der Waals surface area contributed by atoms with Crippen LogP contribution in [0.2, 0.25) is 0 Å². The van der Waals surface area contributed by atoms with Gasteiger partial charge in [-0.3, -0.25) is 9.59 Å². The number of halogens is 2. The Kier molecular flexibility index (Phi) is 8.19. The van der Waals surface area contributed by atoms with Crippen molar-refractivity contribution in [2.45, 2.75) is 45.4 Å². The lowest BCUT2D eigenvalue weighted by atomic mass is 9.71. The van der Waals surface area contributed by atoms with Crippen molar-refractivity contribution >= 4 is 51.5 Å². The molecule has 1 saturated carbocycles. The normalized spacial score (nSPS) is 16.0.